The Morgan fingerprint density at radius 1 is 0.913 bits per heavy atom. The Morgan fingerprint density at radius 3 is 2.35 bits per heavy atom. The lowest BCUT2D eigenvalue weighted by Gasteiger charge is -2.03. The molecule has 0 aliphatic rings. The van der Waals surface area contributed by atoms with E-state index < -0.39 is 0 Å². The first-order chi connectivity index (χ1) is 11.3. The van der Waals surface area contributed by atoms with Gasteiger partial charge in [0.2, 0.25) is 0 Å². The minimum atomic E-state index is 0.520. The van der Waals surface area contributed by atoms with Gasteiger partial charge < -0.3 is 0 Å². The zero-order chi connectivity index (χ0) is 15.9. The maximum Gasteiger partial charge on any atom is 0.129 e. The van der Waals surface area contributed by atoms with Gasteiger partial charge in [0.1, 0.15) is 5.15 Å². The van der Waals surface area contributed by atoms with Gasteiger partial charge in [-0.3, -0.25) is 5.43 Å². The van der Waals surface area contributed by atoms with Crippen molar-refractivity contribution in [2.75, 3.05) is 5.43 Å². The SMILES string of the molecule is Clc1ccc(Cc2ccc(C=NNc3ccccc3)cc2)cn1. The zero-order valence-electron chi connectivity index (χ0n) is 12.5. The second-order valence-corrected chi connectivity index (χ2v) is 5.53. The van der Waals surface area contributed by atoms with Crippen molar-refractivity contribution in [2.45, 2.75) is 6.42 Å². The molecule has 4 heteroatoms. The predicted octanol–water partition coefficient (Wildman–Crippen LogP) is 4.77. The monoisotopic (exact) mass is 321 g/mol. The summed E-state index contributed by atoms with van der Waals surface area (Å²) in [5.74, 6) is 0. The third-order valence-electron chi connectivity index (χ3n) is 3.36. The molecular formula is C19H16ClN3. The number of pyridine rings is 1. The maximum atomic E-state index is 5.80. The molecule has 1 heterocycles. The van der Waals surface area contributed by atoms with Crippen LogP contribution in [0.1, 0.15) is 16.7 Å². The molecule has 0 saturated heterocycles. The molecule has 2 aromatic carbocycles. The van der Waals surface area contributed by atoms with Crippen molar-refractivity contribution in [3.05, 3.63) is 94.8 Å². The van der Waals surface area contributed by atoms with Gasteiger partial charge in [-0.2, -0.15) is 5.10 Å². The van der Waals surface area contributed by atoms with Crippen LogP contribution < -0.4 is 5.43 Å². The van der Waals surface area contributed by atoms with Gasteiger partial charge in [-0.05, 0) is 41.3 Å². The number of halogens is 1. The van der Waals surface area contributed by atoms with Gasteiger partial charge in [0.25, 0.3) is 0 Å². The molecule has 0 aliphatic carbocycles. The van der Waals surface area contributed by atoms with Crippen LogP contribution in [0, 0.1) is 0 Å². The summed E-state index contributed by atoms with van der Waals surface area (Å²) in [6, 6.07) is 22.0. The molecule has 0 aliphatic heterocycles. The molecule has 3 nitrogen and oxygen atoms in total. The summed E-state index contributed by atoms with van der Waals surface area (Å²) in [6.45, 7) is 0. The lowest BCUT2D eigenvalue weighted by atomic mass is 10.1. The number of anilines is 1. The average molecular weight is 322 g/mol. The summed E-state index contributed by atoms with van der Waals surface area (Å²) in [6.07, 6.45) is 4.45. The van der Waals surface area contributed by atoms with E-state index in [9.17, 15) is 0 Å². The highest BCUT2D eigenvalue weighted by Gasteiger charge is 1.98. The Labute approximate surface area is 140 Å². The number of hydrazone groups is 1. The van der Waals surface area contributed by atoms with Crippen molar-refractivity contribution < 1.29 is 0 Å². The molecule has 1 N–H and O–H groups in total. The molecule has 0 radical (unpaired) electrons. The van der Waals surface area contributed by atoms with Gasteiger partial charge >= 0.3 is 0 Å². The van der Waals surface area contributed by atoms with E-state index in [0.29, 0.717) is 5.15 Å². The molecule has 114 valence electrons. The first kappa shape index (κ1) is 15.3. The Bertz CT molecular complexity index is 766. The van der Waals surface area contributed by atoms with Crippen molar-refractivity contribution in [3.63, 3.8) is 0 Å². The van der Waals surface area contributed by atoms with Crippen LogP contribution in [0.5, 0.6) is 0 Å². The summed E-state index contributed by atoms with van der Waals surface area (Å²) >= 11 is 5.80. The quantitative estimate of drug-likeness (QED) is 0.417. The van der Waals surface area contributed by atoms with Crippen molar-refractivity contribution in [3.8, 4) is 0 Å². The summed E-state index contributed by atoms with van der Waals surface area (Å²) in [5, 5.41) is 4.76. The molecule has 3 rings (SSSR count). The van der Waals surface area contributed by atoms with Crippen LogP contribution >= 0.6 is 11.6 Å². The van der Waals surface area contributed by atoms with E-state index in [2.05, 4.69) is 39.8 Å². The fraction of sp³-hybridized carbons (Fsp3) is 0.0526. The van der Waals surface area contributed by atoms with Crippen LogP contribution in [-0.2, 0) is 6.42 Å². The van der Waals surface area contributed by atoms with Crippen LogP contribution in [0.15, 0.2) is 78.0 Å². The number of nitrogens with one attached hydrogen (secondary N) is 1. The molecular weight excluding hydrogens is 306 g/mol. The van der Waals surface area contributed by atoms with Crippen LogP contribution in [0.2, 0.25) is 5.15 Å². The Kier molecular flexibility index (Phi) is 5.02. The van der Waals surface area contributed by atoms with Crippen LogP contribution in [0.4, 0.5) is 5.69 Å². The van der Waals surface area contributed by atoms with Crippen molar-refractivity contribution in [2.24, 2.45) is 5.10 Å². The molecule has 0 fully saturated rings. The highest BCUT2D eigenvalue weighted by atomic mass is 35.5. The van der Waals surface area contributed by atoms with Gasteiger partial charge in [-0.25, -0.2) is 4.98 Å². The van der Waals surface area contributed by atoms with E-state index in [1.807, 2.05) is 48.7 Å². The summed E-state index contributed by atoms with van der Waals surface area (Å²) < 4.78 is 0. The first-order valence-corrected chi connectivity index (χ1v) is 7.71. The number of hydrogen-bond acceptors (Lipinski definition) is 3. The third kappa shape index (κ3) is 4.66. The normalized spacial score (nSPS) is 10.8. The molecule has 0 saturated carbocycles. The summed E-state index contributed by atoms with van der Waals surface area (Å²) in [5.41, 5.74) is 7.38. The van der Waals surface area contributed by atoms with E-state index >= 15 is 0 Å². The van der Waals surface area contributed by atoms with Gasteiger partial charge in [-0.1, -0.05) is 60.1 Å². The van der Waals surface area contributed by atoms with Crippen molar-refractivity contribution >= 4 is 23.5 Å². The van der Waals surface area contributed by atoms with Crippen molar-refractivity contribution in [1.82, 2.24) is 4.98 Å². The summed E-state index contributed by atoms with van der Waals surface area (Å²) in [4.78, 5) is 4.10. The second-order valence-electron chi connectivity index (χ2n) is 5.14. The topological polar surface area (TPSA) is 37.3 Å². The lowest BCUT2D eigenvalue weighted by molar-refractivity contribution is 1.14. The Morgan fingerprint density at radius 2 is 1.65 bits per heavy atom. The average Bonchev–Trinajstić information content (AvgIpc) is 2.59. The minimum Gasteiger partial charge on any atom is -0.279 e. The Hall–Kier alpha value is -2.65. The maximum absolute atomic E-state index is 5.80. The molecule has 23 heavy (non-hydrogen) atoms. The largest absolute Gasteiger partial charge is 0.279 e. The van der Waals surface area contributed by atoms with Gasteiger partial charge in [0, 0.05) is 6.20 Å². The molecule has 0 atom stereocenters. The number of benzene rings is 2. The van der Waals surface area contributed by atoms with Crippen LogP contribution in [-0.4, -0.2) is 11.2 Å². The Balaban J connectivity index is 1.59. The second kappa shape index (κ2) is 7.56. The number of para-hydroxylation sites is 1. The van der Waals surface area contributed by atoms with E-state index in [0.717, 1.165) is 23.2 Å². The van der Waals surface area contributed by atoms with Crippen molar-refractivity contribution in [1.29, 1.82) is 0 Å². The molecule has 0 spiro atoms. The smallest absolute Gasteiger partial charge is 0.129 e. The highest BCUT2D eigenvalue weighted by Crippen LogP contribution is 2.12. The number of hydrogen-bond donors (Lipinski definition) is 1. The highest BCUT2D eigenvalue weighted by molar-refractivity contribution is 6.29. The van der Waals surface area contributed by atoms with E-state index in [1.165, 1.54) is 5.56 Å². The van der Waals surface area contributed by atoms with Gasteiger partial charge in [-0.15, -0.1) is 0 Å². The molecule has 0 bridgehead atoms. The fourth-order valence-electron chi connectivity index (χ4n) is 2.16. The van der Waals surface area contributed by atoms with E-state index in [4.69, 9.17) is 11.6 Å². The van der Waals surface area contributed by atoms with E-state index in [-0.39, 0.29) is 0 Å². The third-order valence-corrected chi connectivity index (χ3v) is 3.58. The molecule has 3 aromatic rings. The first-order valence-electron chi connectivity index (χ1n) is 7.33. The molecule has 1 aromatic heterocycles. The van der Waals surface area contributed by atoms with Crippen LogP contribution in [0.3, 0.4) is 0 Å². The zero-order valence-corrected chi connectivity index (χ0v) is 13.2. The molecule has 0 amide bonds. The minimum absolute atomic E-state index is 0.520. The van der Waals surface area contributed by atoms with Gasteiger partial charge in [0.05, 0.1) is 11.9 Å². The number of aromatic nitrogens is 1. The number of nitrogens with zero attached hydrogens (tertiary/aromatic N) is 2. The number of rotatable bonds is 5. The van der Waals surface area contributed by atoms with Crippen LogP contribution in [0.25, 0.3) is 0 Å². The van der Waals surface area contributed by atoms with Gasteiger partial charge in [0.15, 0.2) is 0 Å². The summed E-state index contributed by atoms with van der Waals surface area (Å²) in [7, 11) is 0. The predicted molar refractivity (Wildman–Crippen MR) is 96.2 cm³/mol. The lowest BCUT2D eigenvalue weighted by Crippen LogP contribution is -1.92. The standard InChI is InChI=1S/C19H16ClN3/c20-19-11-10-17(13-21-19)12-15-6-8-16(9-7-15)14-22-23-18-4-2-1-3-5-18/h1-11,13-14,23H,12H2. The van der Waals surface area contributed by atoms with E-state index in [1.54, 1.807) is 6.21 Å². The molecule has 0 unspecified atom stereocenters. The fourth-order valence-corrected chi connectivity index (χ4v) is 2.27.